The van der Waals surface area contributed by atoms with Gasteiger partial charge in [-0.15, -0.1) is 0 Å². The number of piperidine rings is 1. The van der Waals surface area contributed by atoms with E-state index in [2.05, 4.69) is 33.9 Å². The van der Waals surface area contributed by atoms with Crippen LogP contribution in [0, 0.1) is 5.92 Å². The van der Waals surface area contributed by atoms with Crippen LogP contribution in [-0.4, -0.2) is 73.0 Å². The molecule has 0 aromatic rings. The second-order valence-corrected chi connectivity index (χ2v) is 7.24. The molecule has 2 saturated heterocycles. The third-order valence-corrected chi connectivity index (χ3v) is 5.69. The highest BCUT2D eigenvalue weighted by atomic mass is 16.2. The van der Waals surface area contributed by atoms with Crippen LogP contribution in [0.25, 0.3) is 0 Å². The Bertz CT molecular complexity index is 401. The minimum atomic E-state index is 0.251. The van der Waals surface area contributed by atoms with E-state index in [1.165, 1.54) is 32.4 Å². The van der Waals surface area contributed by atoms with Crippen LogP contribution in [0.5, 0.6) is 0 Å². The summed E-state index contributed by atoms with van der Waals surface area (Å²) in [5.74, 6) is 0.653. The van der Waals surface area contributed by atoms with Gasteiger partial charge in [-0.05, 0) is 45.7 Å². The number of carbonyl (C=O) groups is 1. The molecule has 124 valence electrons. The third kappa shape index (κ3) is 3.90. The normalized spacial score (nSPS) is 31.4. The van der Waals surface area contributed by atoms with Gasteiger partial charge in [0.25, 0.3) is 0 Å². The highest BCUT2D eigenvalue weighted by molar-refractivity contribution is 5.79. The maximum Gasteiger partial charge on any atom is 0.226 e. The minimum Gasteiger partial charge on any atom is -0.340 e. The van der Waals surface area contributed by atoms with Crippen LogP contribution in [0.1, 0.15) is 38.5 Å². The Morgan fingerprint density at radius 3 is 2.55 bits per heavy atom. The standard InChI is InChI=1S/C18H31N3O/c1-19-10-6-5-9-17(19)15-20-11-13-21(14-12-20)18(22)16-7-3-2-4-8-16/h2-3,16-17H,4-15H2,1H3/t16-,17-/m0/s1. The van der Waals surface area contributed by atoms with E-state index in [1.54, 1.807) is 0 Å². The zero-order valence-electron chi connectivity index (χ0n) is 14.0. The molecule has 1 aliphatic carbocycles. The number of piperazine rings is 1. The molecule has 0 bridgehead atoms. The van der Waals surface area contributed by atoms with Gasteiger partial charge < -0.3 is 9.80 Å². The number of likely N-dealkylation sites (tertiary alicyclic amines) is 1. The SMILES string of the molecule is CN1CCCC[C@H]1CN1CCN(C(=O)[C@H]2CC=CCC2)CC1. The molecule has 2 atom stereocenters. The molecule has 0 N–H and O–H groups in total. The molecule has 2 heterocycles. The fourth-order valence-electron chi connectivity index (χ4n) is 4.10. The molecule has 3 aliphatic rings. The zero-order chi connectivity index (χ0) is 15.4. The number of amides is 1. The van der Waals surface area contributed by atoms with E-state index < -0.39 is 0 Å². The molecule has 0 radical (unpaired) electrons. The lowest BCUT2D eigenvalue weighted by atomic mass is 9.93. The van der Waals surface area contributed by atoms with Crippen LogP contribution in [0.4, 0.5) is 0 Å². The molecule has 0 spiro atoms. The van der Waals surface area contributed by atoms with Crippen molar-refractivity contribution in [1.82, 2.24) is 14.7 Å². The van der Waals surface area contributed by atoms with E-state index in [4.69, 9.17) is 0 Å². The smallest absolute Gasteiger partial charge is 0.226 e. The number of rotatable bonds is 3. The van der Waals surface area contributed by atoms with Crippen molar-refractivity contribution in [3.8, 4) is 0 Å². The van der Waals surface area contributed by atoms with Gasteiger partial charge in [-0.3, -0.25) is 9.69 Å². The molecule has 4 heteroatoms. The molecule has 2 fully saturated rings. The Morgan fingerprint density at radius 1 is 1.05 bits per heavy atom. The fraction of sp³-hybridized carbons (Fsp3) is 0.833. The van der Waals surface area contributed by atoms with Crippen LogP contribution in [0.15, 0.2) is 12.2 Å². The van der Waals surface area contributed by atoms with Gasteiger partial charge in [0.05, 0.1) is 0 Å². The first-order valence-corrected chi connectivity index (χ1v) is 9.10. The second-order valence-electron chi connectivity index (χ2n) is 7.24. The van der Waals surface area contributed by atoms with Gasteiger partial charge in [0, 0.05) is 44.7 Å². The summed E-state index contributed by atoms with van der Waals surface area (Å²) >= 11 is 0. The number of hydrogen-bond acceptors (Lipinski definition) is 3. The highest BCUT2D eigenvalue weighted by Crippen LogP contribution is 2.22. The Hall–Kier alpha value is -0.870. The second kappa shape index (κ2) is 7.60. The summed E-state index contributed by atoms with van der Waals surface area (Å²) in [5.41, 5.74) is 0. The molecule has 3 rings (SSSR count). The third-order valence-electron chi connectivity index (χ3n) is 5.69. The van der Waals surface area contributed by atoms with E-state index in [0.29, 0.717) is 5.91 Å². The van der Waals surface area contributed by atoms with Gasteiger partial charge in [-0.25, -0.2) is 0 Å². The Kier molecular flexibility index (Phi) is 5.53. The van der Waals surface area contributed by atoms with Crippen LogP contribution in [0.2, 0.25) is 0 Å². The molecule has 22 heavy (non-hydrogen) atoms. The van der Waals surface area contributed by atoms with E-state index in [0.717, 1.165) is 51.5 Å². The topological polar surface area (TPSA) is 26.8 Å². The largest absolute Gasteiger partial charge is 0.340 e. The molecular formula is C18H31N3O. The molecule has 2 aliphatic heterocycles. The first-order chi connectivity index (χ1) is 10.7. The number of likely N-dealkylation sites (N-methyl/N-ethyl adjacent to an activating group) is 1. The van der Waals surface area contributed by atoms with E-state index in [9.17, 15) is 4.79 Å². The summed E-state index contributed by atoms with van der Waals surface area (Å²) in [5, 5.41) is 0. The number of allylic oxidation sites excluding steroid dienone is 2. The predicted octanol–water partition coefficient (Wildman–Crippen LogP) is 1.97. The maximum absolute atomic E-state index is 12.6. The van der Waals surface area contributed by atoms with Crippen LogP contribution in [0.3, 0.4) is 0 Å². The molecule has 1 amide bonds. The van der Waals surface area contributed by atoms with Crippen molar-refractivity contribution < 1.29 is 4.79 Å². The average molecular weight is 305 g/mol. The summed E-state index contributed by atoms with van der Waals surface area (Å²) in [6.45, 7) is 6.39. The monoisotopic (exact) mass is 305 g/mol. The van der Waals surface area contributed by atoms with Crippen molar-refractivity contribution in [2.24, 2.45) is 5.92 Å². The summed E-state index contributed by atoms with van der Waals surface area (Å²) in [7, 11) is 2.26. The zero-order valence-corrected chi connectivity index (χ0v) is 14.0. The maximum atomic E-state index is 12.6. The quantitative estimate of drug-likeness (QED) is 0.746. The number of carbonyl (C=O) groups excluding carboxylic acids is 1. The van der Waals surface area contributed by atoms with Crippen LogP contribution >= 0.6 is 0 Å². The van der Waals surface area contributed by atoms with Crippen molar-refractivity contribution in [3.63, 3.8) is 0 Å². The summed E-state index contributed by atoms with van der Waals surface area (Å²) in [4.78, 5) is 19.8. The van der Waals surface area contributed by atoms with Crippen LogP contribution < -0.4 is 0 Å². The predicted molar refractivity (Wildman–Crippen MR) is 89.8 cm³/mol. The van der Waals surface area contributed by atoms with Gasteiger partial charge >= 0.3 is 0 Å². The van der Waals surface area contributed by atoms with E-state index in [-0.39, 0.29) is 5.92 Å². The number of nitrogens with zero attached hydrogens (tertiary/aromatic N) is 3. The van der Waals surface area contributed by atoms with Crippen molar-refractivity contribution >= 4 is 5.91 Å². The summed E-state index contributed by atoms with van der Waals surface area (Å²) < 4.78 is 0. The highest BCUT2D eigenvalue weighted by Gasteiger charge is 2.29. The summed E-state index contributed by atoms with van der Waals surface area (Å²) in [6.07, 6.45) is 11.5. The van der Waals surface area contributed by atoms with Gasteiger partial charge in [0.1, 0.15) is 0 Å². The lowest BCUT2D eigenvalue weighted by molar-refractivity contribution is -0.137. The lowest BCUT2D eigenvalue weighted by Crippen LogP contribution is -2.53. The fourth-order valence-corrected chi connectivity index (χ4v) is 4.10. The lowest BCUT2D eigenvalue weighted by Gasteiger charge is -2.41. The van der Waals surface area contributed by atoms with E-state index in [1.807, 2.05) is 0 Å². The van der Waals surface area contributed by atoms with Gasteiger partial charge in [-0.1, -0.05) is 18.6 Å². The van der Waals surface area contributed by atoms with E-state index >= 15 is 0 Å². The Labute approximate surface area is 135 Å². The van der Waals surface area contributed by atoms with Crippen molar-refractivity contribution in [2.75, 3.05) is 46.3 Å². The Morgan fingerprint density at radius 2 is 1.86 bits per heavy atom. The summed E-state index contributed by atoms with van der Waals surface area (Å²) in [6, 6.07) is 0.722. The Balaban J connectivity index is 1.43. The molecule has 0 saturated carbocycles. The van der Waals surface area contributed by atoms with Crippen molar-refractivity contribution in [3.05, 3.63) is 12.2 Å². The van der Waals surface area contributed by atoms with Crippen LogP contribution in [-0.2, 0) is 4.79 Å². The van der Waals surface area contributed by atoms with Gasteiger partial charge in [-0.2, -0.15) is 0 Å². The molecule has 0 aromatic heterocycles. The van der Waals surface area contributed by atoms with Crippen molar-refractivity contribution in [1.29, 1.82) is 0 Å². The van der Waals surface area contributed by atoms with Gasteiger partial charge in [0.2, 0.25) is 5.91 Å². The average Bonchev–Trinajstić information content (AvgIpc) is 2.58. The first kappa shape index (κ1) is 16.0. The molecule has 0 unspecified atom stereocenters. The molecule has 0 aromatic carbocycles. The first-order valence-electron chi connectivity index (χ1n) is 9.10. The molecular weight excluding hydrogens is 274 g/mol. The van der Waals surface area contributed by atoms with Crippen molar-refractivity contribution in [2.45, 2.75) is 44.6 Å². The van der Waals surface area contributed by atoms with Gasteiger partial charge in [0.15, 0.2) is 0 Å². The minimum absolute atomic E-state index is 0.251. The molecule has 4 nitrogen and oxygen atoms in total. The number of hydrogen-bond donors (Lipinski definition) is 0.